The summed E-state index contributed by atoms with van der Waals surface area (Å²) in [5, 5.41) is 35.4. The summed E-state index contributed by atoms with van der Waals surface area (Å²) in [6, 6.07) is 16.9. The molecule has 1 saturated heterocycles. The summed E-state index contributed by atoms with van der Waals surface area (Å²) in [5.74, 6) is -0.676. The summed E-state index contributed by atoms with van der Waals surface area (Å²) in [6.45, 7) is 0.0416. The molecule has 3 rings (SSSR count). The maximum absolute atomic E-state index is 12.3. The zero-order valence-electron chi connectivity index (χ0n) is 16.2. The molecule has 0 spiro atoms. The number of aliphatic hydroxyl groups is 2. The van der Waals surface area contributed by atoms with E-state index in [2.05, 4.69) is 10.6 Å². The summed E-state index contributed by atoms with van der Waals surface area (Å²) < 4.78 is 5.47. The SMILES string of the molecule is N#Cc1cccc(C(=O)NC[C@H]2OC[C@@](O)(CCNC(=O)c3ccccc3)[C@@H]2O)c1. The van der Waals surface area contributed by atoms with Gasteiger partial charge in [0.05, 0.1) is 18.2 Å². The lowest BCUT2D eigenvalue weighted by Crippen LogP contribution is -2.48. The molecular formula is C22H23N3O5. The molecule has 0 aliphatic carbocycles. The van der Waals surface area contributed by atoms with Crippen molar-refractivity contribution < 1.29 is 24.5 Å². The molecule has 1 heterocycles. The largest absolute Gasteiger partial charge is 0.387 e. The first-order valence-electron chi connectivity index (χ1n) is 9.56. The number of hydrogen-bond donors (Lipinski definition) is 4. The van der Waals surface area contributed by atoms with Crippen LogP contribution in [0.25, 0.3) is 0 Å². The third-order valence-corrected chi connectivity index (χ3v) is 5.05. The predicted octanol–water partition coefficient (Wildman–Crippen LogP) is 0.599. The molecule has 2 amide bonds. The molecule has 0 bridgehead atoms. The zero-order chi connectivity index (χ0) is 21.6. The second-order valence-corrected chi connectivity index (χ2v) is 7.17. The number of benzene rings is 2. The van der Waals surface area contributed by atoms with E-state index in [9.17, 15) is 19.8 Å². The molecule has 3 atom stereocenters. The third-order valence-electron chi connectivity index (χ3n) is 5.05. The van der Waals surface area contributed by atoms with Crippen LogP contribution < -0.4 is 10.6 Å². The minimum Gasteiger partial charge on any atom is -0.387 e. The topological polar surface area (TPSA) is 132 Å². The van der Waals surface area contributed by atoms with Gasteiger partial charge in [-0.3, -0.25) is 9.59 Å². The molecule has 0 radical (unpaired) electrons. The van der Waals surface area contributed by atoms with E-state index in [4.69, 9.17) is 10.00 Å². The van der Waals surface area contributed by atoms with Crippen molar-refractivity contribution in [2.75, 3.05) is 19.7 Å². The fourth-order valence-electron chi connectivity index (χ4n) is 3.27. The van der Waals surface area contributed by atoms with Gasteiger partial charge in [0.15, 0.2) is 0 Å². The van der Waals surface area contributed by atoms with Crippen molar-refractivity contribution >= 4 is 11.8 Å². The lowest BCUT2D eigenvalue weighted by Gasteiger charge is -2.26. The third kappa shape index (κ3) is 5.02. The van der Waals surface area contributed by atoms with E-state index in [-0.39, 0.29) is 32.0 Å². The van der Waals surface area contributed by atoms with Crippen LogP contribution in [0.15, 0.2) is 54.6 Å². The first kappa shape index (κ1) is 21.5. The molecule has 2 aromatic carbocycles. The van der Waals surface area contributed by atoms with E-state index >= 15 is 0 Å². The number of nitriles is 1. The average Bonchev–Trinajstić information content (AvgIpc) is 3.06. The van der Waals surface area contributed by atoms with Gasteiger partial charge in [-0.1, -0.05) is 24.3 Å². The highest BCUT2D eigenvalue weighted by Crippen LogP contribution is 2.27. The molecule has 0 aromatic heterocycles. The lowest BCUT2D eigenvalue weighted by atomic mass is 9.92. The standard InChI is InChI=1S/C22H23N3O5/c23-12-15-5-4-8-17(11-15)21(28)25-13-18-19(26)22(29,14-30-18)9-10-24-20(27)16-6-2-1-3-7-16/h1-8,11,18-19,26,29H,9-10,13-14H2,(H,24,27)(H,25,28)/t18-,19-,22+/m1/s1. The summed E-state index contributed by atoms with van der Waals surface area (Å²) in [7, 11) is 0. The van der Waals surface area contributed by atoms with Gasteiger partial charge in [0.25, 0.3) is 11.8 Å². The quantitative estimate of drug-likeness (QED) is 0.530. The minimum atomic E-state index is -1.53. The molecular weight excluding hydrogens is 386 g/mol. The fraction of sp³-hybridized carbons (Fsp3) is 0.318. The summed E-state index contributed by atoms with van der Waals surface area (Å²) in [4.78, 5) is 24.3. The Kier molecular flexibility index (Phi) is 6.79. The predicted molar refractivity (Wildman–Crippen MR) is 108 cm³/mol. The van der Waals surface area contributed by atoms with Crippen molar-refractivity contribution in [1.29, 1.82) is 5.26 Å². The Balaban J connectivity index is 1.48. The van der Waals surface area contributed by atoms with Gasteiger partial charge in [-0.25, -0.2) is 0 Å². The maximum atomic E-state index is 12.3. The monoisotopic (exact) mass is 409 g/mol. The van der Waals surface area contributed by atoms with Gasteiger partial charge < -0.3 is 25.6 Å². The van der Waals surface area contributed by atoms with E-state index in [0.29, 0.717) is 16.7 Å². The molecule has 0 saturated carbocycles. The van der Waals surface area contributed by atoms with Crippen LogP contribution in [0.5, 0.6) is 0 Å². The van der Waals surface area contributed by atoms with E-state index < -0.39 is 23.7 Å². The number of nitrogens with one attached hydrogen (secondary N) is 2. The average molecular weight is 409 g/mol. The van der Waals surface area contributed by atoms with Crippen LogP contribution in [-0.2, 0) is 4.74 Å². The Morgan fingerprint density at radius 2 is 1.80 bits per heavy atom. The number of nitrogens with zero attached hydrogens (tertiary/aromatic N) is 1. The molecule has 2 aromatic rings. The van der Waals surface area contributed by atoms with Crippen LogP contribution in [0.3, 0.4) is 0 Å². The van der Waals surface area contributed by atoms with Crippen molar-refractivity contribution in [3.05, 3.63) is 71.3 Å². The fourth-order valence-corrected chi connectivity index (χ4v) is 3.27. The number of rotatable bonds is 7. The summed E-state index contributed by atoms with van der Waals surface area (Å²) >= 11 is 0. The second kappa shape index (κ2) is 9.50. The van der Waals surface area contributed by atoms with Crippen LogP contribution in [-0.4, -0.2) is 59.5 Å². The van der Waals surface area contributed by atoms with Gasteiger partial charge >= 0.3 is 0 Å². The molecule has 1 fully saturated rings. The normalized spacial score (nSPS) is 22.8. The molecule has 4 N–H and O–H groups in total. The van der Waals surface area contributed by atoms with Gasteiger partial charge in [0, 0.05) is 24.2 Å². The first-order chi connectivity index (χ1) is 14.4. The lowest BCUT2D eigenvalue weighted by molar-refractivity contribution is -0.0538. The van der Waals surface area contributed by atoms with Crippen LogP contribution in [0.1, 0.15) is 32.7 Å². The number of carbonyl (C=O) groups excluding carboxylic acids is 2. The van der Waals surface area contributed by atoms with Gasteiger partial charge in [0.2, 0.25) is 0 Å². The first-order valence-corrected chi connectivity index (χ1v) is 9.56. The molecule has 156 valence electrons. The van der Waals surface area contributed by atoms with Crippen molar-refractivity contribution in [2.24, 2.45) is 0 Å². The molecule has 1 aliphatic rings. The van der Waals surface area contributed by atoms with Gasteiger partial charge in [-0.15, -0.1) is 0 Å². The molecule has 1 aliphatic heterocycles. The van der Waals surface area contributed by atoms with Gasteiger partial charge in [-0.2, -0.15) is 5.26 Å². The highest BCUT2D eigenvalue weighted by molar-refractivity contribution is 5.94. The number of carbonyl (C=O) groups is 2. The second-order valence-electron chi connectivity index (χ2n) is 7.17. The smallest absolute Gasteiger partial charge is 0.251 e. The number of ether oxygens (including phenoxy) is 1. The van der Waals surface area contributed by atoms with Crippen LogP contribution >= 0.6 is 0 Å². The number of amides is 2. The van der Waals surface area contributed by atoms with Crippen molar-refractivity contribution in [2.45, 2.75) is 24.2 Å². The number of hydrogen-bond acceptors (Lipinski definition) is 6. The molecule has 30 heavy (non-hydrogen) atoms. The van der Waals surface area contributed by atoms with E-state index in [1.165, 1.54) is 6.07 Å². The highest BCUT2D eigenvalue weighted by Gasteiger charge is 2.47. The Hall–Kier alpha value is -3.25. The van der Waals surface area contributed by atoms with Crippen molar-refractivity contribution in [1.82, 2.24) is 10.6 Å². The number of aliphatic hydroxyl groups excluding tert-OH is 1. The van der Waals surface area contributed by atoms with Crippen LogP contribution in [0.4, 0.5) is 0 Å². The molecule has 8 heteroatoms. The molecule has 8 nitrogen and oxygen atoms in total. The van der Waals surface area contributed by atoms with E-state index in [1.54, 1.807) is 42.5 Å². The van der Waals surface area contributed by atoms with Gasteiger partial charge in [0.1, 0.15) is 17.8 Å². The van der Waals surface area contributed by atoms with E-state index in [1.807, 2.05) is 12.1 Å². The Labute approximate surface area is 174 Å². The minimum absolute atomic E-state index is 0.00450. The van der Waals surface area contributed by atoms with Crippen molar-refractivity contribution in [3.8, 4) is 6.07 Å². The Morgan fingerprint density at radius 3 is 2.53 bits per heavy atom. The zero-order valence-corrected chi connectivity index (χ0v) is 16.2. The van der Waals surface area contributed by atoms with Gasteiger partial charge in [-0.05, 0) is 36.8 Å². The summed E-state index contributed by atoms with van der Waals surface area (Å²) in [6.07, 6.45) is -1.92. The maximum Gasteiger partial charge on any atom is 0.251 e. The van der Waals surface area contributed by atoms with Crippen LogP contribution in [0.2, 0.25) is 0 Å². The van der Waals surface area contributed by atoms with Crippen LogP contribution in [0, 0.1) is 11.3 Å². The Morgan fingerprint density at radius 1 is 1.10 bits per heavy atom. The van der Waals surface area contributed by atoms with E-state index in [0.717, 1.165) is 0 Å². The Bertz CT molecular complexity index is 943. The highest BCUT2D eigenvalue weighted by atomic mass is 16.5. The summed E-state index contributed by atoms with van der Waals surface area (Å²) in [5.41, 5.74) is -0.332. The van der Waals surface area contributed by atoms with Crippen molar-refractivity contribution in [3.63, 3.8) is 0 Å². The molecule has 0 unspecified atom stereocenters.